The molecule has 0 aliphatic carbocycles. The van der Waals surface area contributed by atoms with Crippen molar-refractivity contribution < 1.29 is 8.81 Å². The molecule has 102 valence electrons. The van der Waals surface area contributed by atoms with Gasteiger partial charge in [0, 0.05) is 13.1 Å². The van der Waals surface area contributed by atoms with E-state index in [9.17, 15) is 4.39 Å². The Kier molecular flexibility index (Phi) is 4.35. The molecule has 0 bridgehead atoms. The second-order valence-electron chi connectivity index (χ2n) is 4.74. The average Bonchev–Trinajstić information content (AvgIpc) is 2.76. The van der Waals surface area contributed by atoms with Gasteiger partial charge >= 0.3 is 0 Å². The van der Waals surface area contributed by atoms with Crippen LogP contribution in [0.1, 0.15) is 23.1 Å². The zero-order chi connectivity index (χ0) is 13.8. The predicted molar refractivity (Wildman–Crippen MR) is 73.1 cm³/mol. The molecule has 0 aliphatic rings. The lowest BCUT2D eigenvalue weighted by molar-refractivity contribution is 0.211. The third-order valence-corrected chi connectivity index (χ3v) is 3.17. The highest BCUT2D eigenvalue weighted by Gasteiger charge is 2.18. The molecule has 19 heavy (non-hydrogen) atoms. The molecule has 1 atom stereocenters. The van der Waals surface area contributed by atoms with Crippen LogP contribution in [0, 0.1) is 12.7 Å². The van der Waals surface area contributed by atoms with Gasteiger partial charge in [-0.2, -0.15) is 0 Å². The lowest BCUT2D eigenvalue weighted by atomic mass is 10.1. The molecule has 4 heteroatoms. The van der Waals surface area contributed by atoms with Crippen molar-refractivity contribution in [2.24, 2.45) is 5.73 Å². The number of nitrogens with two attached hydrogens (primary N) is 1. The monoisotopic (exact) mass is 262 g/mol. The summed E-state index contributed by atoms with van der Waals surface area (Å²) in [6.07, 6.45) is 0. The first-order valence-corrected chi connectivity index (χ1v) is 6.31. The second kappa shape index (κ2) is 5.99. The number of nitrogens with zero attached hydrogens (tertiary/aromatic N) is 1. The summed E-state index contributed by atoms with van der Waals surface area (Å²) in [5.41, 5.74) is 6.74. The van der Waals surface area contributed by atoms with Crippen molar-refractivity contribution in [3.05, 3.63) is 59.3 Å². The van der Waals surface area contributed by atoms with Gasteiger partial charge in [0.2, 0.25) is 0 Å². The largest absolute Gasteiger partial charge is 0.465 e. The van der Waals surface area contributed by atoms with Gasteiger partial charge in [-0.3, -0.25) is 4.90 Å². The minimum atomic E-state index is -0.218. The second-order valence-corrected chi connectivity index (χ2v) is 4.74. The van der Waals surface area contributed by atoms with E-state index in [2.05, 4.69) is 4.90 Å². The van der Waals surface area contributed by atoms with Gasteiger partial charge in [0.15, 0.2) is 0 Å². The summed E-state index contributed by atoms with van der Waals surface area (Å²) in [6.45, 7) is 2.99. The number of aryl methyl sites for hydroxylation is 1. The maximum atomic E-state index is 13.2. The van der Waals surface area contributed by atoms with Crippen molar-refractivity contribution in [2.75, 3.05) is 13.6 Å². The summed E-state index contributed by atoms with van der Waals surface area (Å²) in [7, 11) is 1.96. The van der Waals surface area contributed by atoms with E-state index in [1.54, 1.807) is 6.07 Å². The Hall–Kier alpha value is -1.65. The molecule has 0 radical (unpaired) electrons. The normalized spacial score (nSPS) is 12.9. The summed E-state index contributed by atoms with van der Waals surface area (Å²) in [6, 6.07) is 10.5. The van der Waals surface area contributed by atoms with Crippen molar-refractivity contribution in [1.82, 2.24) is 4.90 Å². The zero-order valence-electron chi connectivity index (χ0n) is 11.3. The molecule has 1 aromatic carbocycles. The summed E-state index contributed by atoms with van der Waals surface area (Å²) < 4.78 is 18.8. The lowest BCUT2D eigenvalue weighted by Crippen LogP contribution is -2.29. The first kappa shape index (κ1) is 13.8. The summed E-state index contributed by atoms with van der Waals surface area (Å²) in [5.74, 6) is 1.50. The van der Waals surface area contributed by atoms with E-state index in [0.29, 0.717) is 13.1 Å². The maximum Gasteiger partial charge on any atom is 0.123 e. The van der Waals surface area contributed by atoms with Gasteiger partial charge in [0.25, 0.3) is 0 Å². The number of rotatable bonds is 5. The van der Waals surface area contributed by atoms with E-state index in [1.165, 1.54) is 12.1 Å². The Labute approximate surface area is 112 Å². The highest BCUT2D eigenvalue weighted by Crippen LogP contribution is 2.22. The minimum absolute atomic E-state index is 0.00281. The van der Waals surface area contributed by atoms with E-state index in [-0.39, 0.29) is 11.9 Å². The molecule has 0 aliphatic heterocycles. The van der Waals surface area contributed by atoms with Crippen LogP contribution in [0.4, 0.5) is 4.39 Å². The van der Waals surface area contributed by atoms with E-state index in [0.717, 1.165) is 17.1 Å². The van der Waals surface area contributed by atoms with Gasteiger partial charge in [0.1, 0.15) is 17.3 Å². The van der Waals surface area contributed by atoms with Crippen LogP contribution in [0.2, 0.25) is 0 Å². The number of likely N-dealkylation sites (N-methyl/N-ethyl adjacent to an activating group) is 1. The lowest BCUT2D eigenvalue weighted by Gasteiger charge is -2.25. The third-order valence-electron chi connectivity index (χ3n) is 3.17. The first-order chi connectivity index (χ1) is 9.10. The van der Waals surface area contributed by atoms with E-state index in [4.69, 9.17) is 10.2 Å². The van der Waals surface area contributed by atoms with Crippen LogP contribution in [0.3, 0.4) is 0 Å². The molecule has 2 N–H and O–H groups in total. The zero-order valence-corrected chi connectivity index (χ0v) is 11.3. The predicted octanol–water partition coefficient (Wildman–Crippen LogP) is 2.86. The number of hydrogen-bond donors (Lipinski definition) is 1. The van der Waals surface area contributed by atoms with E-state index < -0.39 is 0 Å². The van der Waals surface area contributed by atoms with Gasteiger partial charge in [-0.1, -0.05) is 12.1 Å². The van der Waals surface area contributed by atoms with Gasteiger partial charge < -0.3 is 10.2 Å². The van der Waals surface area contributed by atoms with Crippen molar-refractivity contribution in [3.8, 4) is 0 Å². The Morgan fingerprint density at radius 2 is 2.11 bits per heavy atom. The average molecular weight is 262 g/mol. The van der Waals surface area contributed by atoms with Crippen molar-refractivity contribution >= 4 is 0 Å². The van der Waals surface area contributed by atoms with Gasteiger partial charge in [-0.25, -0.2) is 4.39 Å². The maximum absolute atomic E-state index is 13.2. The molecule has 0 saturated heterocycles. The Morgan fingerprint density at radius 1 is 1.32 bits per heavy atom. The number of halogens is 1. The van der Waals surface area contributed by atoms with Crippen molar-refractivity contribution in [2.45, 2.75) is 19.5 Å². The van der Waals surface area contributed by atoms with Gasteiger partial charge in [0.05, 0.1) is 6.04 Å². The summed E-state index contributed by atoms with van der Waals surface area (Å²) in [4.78, 5) is 2.06. The quantitative estimate of drug-likeness (QED) is 0.901. The standard InChI is InChI=1S/C15H19FN2O/c1-11-6-7-15(19-11)14(9-17)18(2)10-12-4-3-5-13(16)8-12/h3-8,14H,9-10,17H2,1-2H3. The van der Waals surface area contributed by atoms with Crippen LogP contribution in [-0.4, -0.2) is 18.5 Å². The third kappa shape index (κ3) is 3.43. The van der Waals surface area contributed by atoms with Gasteiger partial charge in [-0.05, 0) is 43.8 Å². The molecule has 2 aromatic rings. The molecule has 0 spiro atoms. The van der Waals surface area contributed by atoms with Gasteiger partial charge in [-0.15, -0.1) is 0 Å². The molecule has 0 amide bonds. The van der Waals surface area contributed by atoms with Crippen LogP contribution in [0.25, 0.3) is 0 Å². The Morgan fingerprint density at radius 3 is 2.68 bits per heavy atom. The Bertz CT molecular complexity index is 538. The van der Waals surface area contributed by atoms with Crippen LogP contribution in [0.15, 0.2) is 40.8 Å². The molecule has 3 nitrogen and oxygen atoms in total. The topological polar surface area (TPSA) is 42.4 Å². The number of benzene rings is 1. The Balaban J connectivity index is 2.11. The number of hydrogen-bond acceptors (Lipinski definition) is 3. The molecule has 0 fully saturated rings. The minimum Gasteiger partial charge on any atom is -0.465 e. The molecule has 1 aromatic heterocycles. The first-order valence-electron chi connectivity index (χ1n) is 6.31. The van der Waals surface area contributed by atoms with E-state index >= 15 is 0 Å². The van der Waals surface area contributed by atoms with Crippen LogP contribution in [0.5, 0.6) is 0 Å². The van der Waals surface area contributed by atoms with Crippen LogP contribution < -0.4 is 5.73 Å². The molecule has 2 rings (SSSR count). The summed E-state index contributed by atoms with van der Waals surface area (Å²) in [5, 5.41) is 0. The van der Waals surface area contributed by atoms with E-state index in [1.807, 2.05) is 32.2 Å². The van der Waals surface area contributed by atoms with Crippen LogP contribution in [-0.2, 0) is 6.54 Å². The fraction of sp³-hybridized carbons (Fsp3) is 0.333. The molecule has 1 heterocycles. The van der Waals surface area contributed by atoms with Crippen molar-refractivity contribution in [3.63, 3.8) is 0 Å². The molecule has 1 unspecified atom stereocenters. The fourth-order valence-corrected chi connectivity index (χ4v) is 2.18. The van der Waals surface area contributed by atoms with Crippen LogP contribution >= 0.6 is 0 Å². The number of furan rings is 1. The van der Waals surface area contributed by atoms with Crippen molar-refractivity contribution in [1.29, 1.82) is 0 Å². The smallest absolute Gasteiger partial charge is 0.123 e. The SMILES string of the molecule is Cc1ccc(C(CN)N(C)Cc2cccc(F)c2)o1. The molecule has 0 saturated carbocycles. The summed E-state index contributed by atoms with van der Waals surface area (Å²) >= 11 is 0. The fourth-order valence-electron chi connectivity index (χ4n) is 2.18. The highest BCUT2D eigenvalue weighted by atomic mass is 19.1. The highest BCUT2D eigenvalue weighted by molar-refractivity contribution is 5.17. The molecular weight excluding hydrogens is 243 g/mol. The molecular formula is C15H19FN2O.